The molecule has 0 radical (unpaired) electrons. The Morgan fingerprint density at radius 2 is 1.78 bits per heavy atom. The van der Waals surface area contributed by atoms with Gasteiger partial charge in [-0.1, -0.05) is 18.2 Å². The molecular weight excluding hydrogens is 234 g/mol. The van der Waals surface area contributed by atoms with Gasteiger partial charge in [0.25, 0.3) is 6.04 Å². The summed E-state index contributed by atoms with van der Waals surface area (Å²) in [6, 6.07) is 8.18. The molecule has 0 spiro atoms. The van der Waals surface area contributed by atoms with Crippen LogP contribution in [0.5, 0.6) is 0 Å². The first kappa shape index (κ1) is 12.0. The van der Waals surface area contributed by atoms with Gasteiger partial charge in [0.2, 0.25) is 0 Å². The number of hydrogen-bond donors (Lipinski definition) is 2. The fourth-order valence-electron chi connectivity index (χ4n) is 1.83. The Labute approximate surface area is 103 Å². The third kappa shape index (κ3) is 2.45. The number of fused-ring (bicyclic) bond motifs is 1. The lowest BCUT2D eigenvalue weighted by atomic mass is 10.1. The van der Waals surface area contributed by atoms with Crippen LogP contribution < -0.4 is 4.57 Å². The summed E-state index contributed by atoms with van der Waals surface area (Å²) in [5.74, 6) is -2.29. The van der Waals surface area contributed by atoms with Crippen molar-refractivity contribution in [2.45, 2.75) is 12.5 Å². The van der Waals surface area contributed by atoms with Crippen molar-refractivity contribution in [1.29, 1.82) is 0 Å². The van der Waals surface area contributed by atoms with Crippen LogP contribution in [0, 0.1) is 0 Å². The second-order valence-corrected chi connectivity index (χ2v) is 3.97. The molecule has 0 saturated carbocycles. The highest BCUT2D eigenvalue weighted by molar-refractivity contribution is 5.81. The molecule has 5 nitrogen and oxygen atoms in total. The van der Waals surface area contributed by atoms with Crippen LogP contribution in [0.25, 0.3) is 10.8 Å². The average molecular weight is 246 g/mol. The van der Waals surface area contributed by atoms with Crippen LogP contribution in [0.3, 0.4) is 0 Å². The molecule has 0 saturated heterocycles. The fourth-order valence-corrected chi connectivity index (χ4v) is 1.83. The molecule has 0 bridgehead atoms. The van der Waals surface area contributed by atoms with E-state index in [-0.39, 0.29) is 0 Å². The van der Waals surface area contributed by atoms with E-state index in [1.54, 1.807) is 18.5 Å². The quantitative estimate of drug-likeness (QED) is 0.795. The maximum absolute atomic E-state index is 11.1. The van der Waals surface area contributed by atoms with Crippen LogP contribution in [-0.4, -0.2) is 22.2 Å². The van der Waals surface area contributed by atoms with Crippen molar-refractivity contribution >= 4 is 22.7 Å². The van der Waals surface area contributed by atoms with Crippen molar-refractivity contribution in [2.75, 3.05) is 0 Å². The molecule has 0 unspecified atom stereocenters. The number of nitrogens with zero attached hydrogens (tertiary/aromatic N) is 1. The molecule has 0 amide bonds. The van der Waals surface area contributed by atoms with Crippen molar-refractivity contribution < 1.29 is 24.4 Å². The van der Waals surface area contributed by atoms with Gasteiger partial charge >= 0.3 is 11.9 Å². The van der Waals surface area contributed by atoms with E-state index >= 15 is 0 Å². The normalized spacial score (nSPS) is 12.2. The molecule has 1 heterocycles. The molecule has 0 aliphatic heterocycles. The van der Waals surface area contributed by atoms with Gasteiger partial charge in [-0.15, -0.1) is 0 Å². The van der Waals surface area contributed by atoms with Crippen molar-refractivity contribution in [3.05, 3.63) is 42.7 Å². The minimum atomic E-state index is -1.15. The summed E-state index contributed by atoms with van der Waals surface area (Å²) < 4.78 is 1.42. The summed E-state index contributed by atoms with van der Waals surface area (Å²) in [5, 5.41) is 19.6. The van der Waals surface area contributed by atoms with Crippen molar-refractivity contribution in [3.8, 4) is 0 Å². The average Bonchev–Trinajstić information content (AvgIpc) is 2.35. The zero-order chi connectivity index (χ0) is 13.1. The molecule has 2 aromatic rings. The van der Waals surface area contributed by atoms with E-state index in [0.29, 0.717) is 0 Å². The predicted octanol–water partition coefficient (Wildman–Crippen LogP) is 1.23. The number of rotatable bonds is 4. The third-order valence-electron chi connectivity index (χ3n) is 2.72. The molecular formula is C13H12NO4+. The first-order valence-corrected chi connectivity index (χ1v) is 5.42. The molecule has 1 aromatic carbocycles. The first-order valence-electron chi connectivity index (χ1n) is 5.42. The van der Waals surface area contributed by atoms with Gasteiger partial charge in [0, 0.05) is 11.5 Å². The maximum atomic E-state index is 11.1. The van der Waals surface area contributed by atoms with E-state index in [0.717, 1.165) is 10.8 Å². The fraction of sp³-hybridized carbons (Fsp3) is 0.154. The SMILES string of the molecule is O=C(O)C[C@H](C(=O)O)[n+]1ccc2ccccc2c1. The summed E-state index contributed by atoms with van der Waals surface area (Å²) >= 11 is 0. The Bertz CT molecular complexity index is 609. The lowest BCUT2D eigenvalue weighted by Crippen LogP contribution is -2.44. The molecule has 0 fully saturated rings. The molecule has 5 heteroatoms. The highest BCUT2D eigenvalue weighted by Gasteiger charge is 2.29. The van der Waals surface area contributed by atoms with E-state index in [4.69, 9.17) is 10.2 Å². The number of carboxylic acids is 2. The molecule has 0 aliphatic carbocycles. The largest absolute Gasteiger partial charge is 0.481 e. The van der Waals surface area contributed by atoms with Gasteiger partial charge in [0.15, 0.2) is 12.4 Å². The Balaban J connectivity index is 2.44. The highest BCUT2D eigenvalue weighted by Crippen LogP contribution is 2.12. The number of carbonyl (C=O) groups is 2. The van der Waals surface area contributed by atoms with Gasteiger partial charge in [-0.05, 0) is 11.5 Å². The minimum absolute atomic E-state index is 0.446. The Hall–Kier alpha value is -2.43. The predicted molar refractivity (Wildman–Crippen MR) is 63.1 cm³/mol. The van der Waals surface area contributed by atoms with Gasteiger partial charge in [0.1, 0.15) is 6.42 Å². The standard InChI is InChI=1S/C13H11NO4/c15-12(16)7-11(13(17)18)14-6-5-9-3-1-2-4-10(9)8-14/h1-6,8,11H,7H2,(H-,15,16,17,18)/p+1/t11-/m1/s1. The third-order valence-corrected chi connectivity index (χ3v) is 2.72. The van der Waals surface area contributed by atoms with E-state index in [1.807, 2.05) is 24.3 Å². The van der Waals surface area contributed by atoms with Crippen LogP contribution in [-0.2, 0) is 9.59 Å². The topological polar surface area (TPSA) is 78.5 Å². The van der Waals surface area contributed by atoms with Crippen LogP contribution >= 0.6 is 0 Å². The van der Waals surface area contributed by atoms with E-state index in [1.165, 1.54) is 4.57 Å². The number of pyridine rings is 1. The molecule has 92 valence electrons. The smallest absolute Gasteiger partial charge is 0.374 e. The molecule has 0 aliphatic rings. The summed E-state index contributed by atoms with van der Waals surface area (Å²) in [6.07, 6.45) is 2.79. The lowest BCUT2D eigenvalue weighted by Gasteiger charge is -2.06. The van der Waals surface area contributed by atoms with Gasteiger partial charge in [-0.2, -0.15) is 4.57 Å². The zero-order valence-electron chi connectivity index (χ0n) is 9.48. The van der Waals surface area contributed by atoms with Gasteiger partial charge in [-0.3, -0.25) is 4.79 Å². The number of aliphatic carboxylic acids is 2. The first-order chi connectivity index (χ1) is 8.58. The van der Waals surface area contributed by atoms with Crippen LogP contribution in [0.15, 0.2) is 42.7 Å². The van der Waals surface area contributed by atoms with Crippen LogP contribution in [0.4, 0.5) is 0 Å². The van der Waals surface area contributed by atoms with E-state index < -0.39 is 24.4 Å². The van der Waals surface area contributed by atoms with E-state index in [2.05, 4.69) is 0 Å². The summed E-state index contributed by atoms with van der Waals surface area (Å²) in [6.45, 7) is 0. The van der Waals surface area contributed by atoms with Gasteiger partial charge in [0.05, 0.1) is 0 Å². The molecule has 1 atom stereocenters. The zero-order valence-corrected chi connectivity index (χ0v) is 9.48. The van der Waals surface area contributed by atoms with Gasteiger partial charge in [-0.25, -0.2) is 4.79 Å². The number of hydrogen-bond acceptors (Lipinski definition) is 2. The van der Waals surface area contributed by atoms with Crippen LogP contribution in [0.1, 0.15) is 12.5 Å². The van der Waals surface area contributed by atoms with Crippen molar-refractivity contribution in [3.63, 3.8) is 0 Å². The minimum Gasteiger partial charge on any atom is -0.481 e. The summed E-state index contributed by atoms with van der Waals surface area (Å²) in [5.41, 5.74) is 0. The Morgan fingerprint density at radius 3 is 2.39 bits per heavy atom. The summed E-state index contributed by atoms with van der Waals surface area (Å²) in [4.78, 5) is 21.8. The Kier molecular flexibility index (Phi) is 3.23. The lowest BCUT2D eigenvalue weighted by molar-refractivity contribution is -0.708. The molecule has 2 rings (SSSR count). The molecule has 2 N–H and O–H groups in total. The second kappa shape index (κ2) is 4.83. The number of benzene rings is 1. The van der Waals surface area contributed by atoms with Gasteiger partial charge < -0.3 is 10.2 Å². The monoisotopic (exact) mass is 246 g/mol. The molecule has 1 aromatic heterocycles. The van der Waals surface area contributed by atoms with Crippen molar-refractivity contribution in [2.24, 2.45) is 0 Å². The highest BCUT2D eigenvalue weighted by atomic mass is 16.4. The number of carboxylic acid groups (broad SMARTS) is 2. The summed E-state index contributed by atoms with van der Waals surface area (Å²) in [7, 11) is 0. The van der Waals surface area contributed by atoms with Crippen molar-refractivity contribution in [1.82, 2.24) is 0 Å². The van der Waals surface area contributed by atoms with E-state index in [9.17, 15) is 9.59 Å². The Morgan fingerprint density at radius 1 is 1.11 bits per heavy atom. The van der Waals surface area contributed by atoms with Crippen LogP contribution in [0.2, 0.25) is 0 Å². The number of aromatic nitrogens is 1. The second-order valence-electron chi connectivity index (χ2n) is 3.97. The maximum Gasteiger partial charge on any atom is 0.374 e. The molecule has 18 heavy (non-hydrogen) atoms.